The van der Waals surface area contributed by atoms with Crippen LogP contribution in [0.5, 0.6) is 0 Å². The Morgan fingerprint density at radius 3 is 2.85 bits per heavy atom. The zero-order valence-corrected chi connectivity index (χ0v) is 13.6. The molecule has 1 aliphatic rings. The second kappa shape index (κ2) is 5.69. The first kappa shape index (κ1) is 14.6. The van der Waals surface area contributed by atoms with Crippen LogP contribution in [0.4, 0.5) is 5.82 Å². The molecule has 5 rings (SSSR count). The minimum absolute atomic E-state index is 0.0962. The van der Waals surface area contributed by atoms with Crippen LogP contribution in [0.15, 0.2) is 53.2 Å². The predicted molar refractivity (Wildman–Crippen MR) is 93.2 cm³/mol. The number of hydrogen-bond acceptors (Lipinski definition) is 5. The number of rotatable bonds is 3. The summed E-state index contributed by atoms with van der Waals surface area (Å²) in [5, 5.41) is 16.9. The van der Waals surface area contributed by atoms with Crippen molar-refractivity contribution in [1.82, 2.24) is 25.4 Å². The fourth-order valence-electron chi connectivity index (χ4n) is 3.28. The number of furan rings is 1. The van der Waals surface area contributed by atoms with Crippen LogP contribution in [-0.2, 0) is 4.79 Å². The van der Waals surface area contributed by atoms with E-state index in [4.69, 9.17) is 4.42 Å². The van der Waals surface area contributed by atoms with Crippen LogP contribution in [0.25, 0.3) is 22.8 Å². The molecular formula is C18H14N6O2. The van der Waals surface area contributed by atoms with Gasteiger partial charge in [0.05, 0.1) is 17.3 Å². The van der Waals surface area contributed by atoms with Gasteiger partial charge in [-0.2, -0.15) is 10.2 Å². The largest absolute Gasteiger partial charge is 0.459 e. The van der Waals surface area contributed by atoms with Gasteiger partial charge in [0.1, 0.15) is 11.5 Å². The van der Waals surface area contributed by atoms with Crippen molar-refractivity contribution in [2.75, 3.05) is 5.32 Å². The lowest BCUT2D eigenvalue weighted by atomic mass is 9.89. The van der Waals surface area contributed by atoms with Gasteiger partial charge in [-0.1, -0.05) is 6.07 Å². The topological polar surface area (TPSA) is 112 Å². The Morgan fingerprint density at radius 2 is 2.04 bits per heavy atom. The molecule has 0 aliphatic carbocycles. The van der Waals surface area contributed by atoms with Crippen molar-refractivity contribution in [1.29, 1.82) is 0 Å². The summed E-state index contributed by atoms with van der Waals surface area (Å²) in [7, 11) is 0. The van der Waals surface area contributed by atoms with Gasteiger partial charge in [0.25, 0.3) is 0 Å². The molecule has 1 atom stereocenters. The van der Waals surface area contributed by atoms with Crippen LogP contribution in [-0.4, -0.2) is 31.3 Å². The first-order chi connectivity index (χ1) is 12.8. The second-order valence-electron chi connectivity index (χ2n) is 6.05. The molecule has 0 aromatic carbocycles. The van der Waals surface area contributed by atoms with Crippen LogP contribution in [0, 0.1) is 0 Å². The van der Waals surface area contributed by atoms with Crippen molar-refractivity contribution >= 4 is 11.7 Å². The Labute approximate surface area is 147 Å². The van der Waals surface area contributed by atoms with E-state index >= 15 is 0 Å². The molecule has 3 N–H and O–H groups in total. The van der Waals surface area contributed by atoms with E-state index in [0.717, 1.165) is 22.6 Å². The highest BCUT2D eigenvalue weighted by atomic mass is 16.3. The summed E-state index contributed by atoms with van der Waals surface area (Å²) in [4.78, 5) is 16.5. The maximum Gasteiger partial charge on any atom is 0.226 e. The summed E-state index contributed by atoms with van der Waals surface area (Å²) in [6.07, 6.45) is 3.67. The molecule has 0 saturated carbocycles. The van der Waals surface area contributed by atoms with Gasteiger partial charge in [-0.05, 0) is 30.3 Å². The van der Waals surface area contributed by atoms with Gasteiger partial charge in [0.2, 0.25) is 5.91 Å². The lowest BCUT2D eigenvalue weighted by Gasteiger charge is -2.21. The number of pyridine rings is 1. The molecule has 1 aliphatic heterocycles. The first-order valence-corrected chi connectivity index (χ1v) is 8.18. The van der Waals surface area contributed by atoms with Gasteiger partial charge in [-0.25, -0.2) is 0 Å². The van der Waals surface area contributed by atoms with Gasteiger partial charge < -0.3 is 9.73 Å². The molecule has 8 heteroatoms. The number of carbonyl (C=O) groups excluding carboxylic acids is 1. The second-order valence-corrected chi connectivity index (χ2v) is 6.05. The molecule has 0 bridgehead atoms. The van der Waals surface area contributed by atoms with E-state index in [9.17, 15) is 4.79 Å². The van der Waals surface area contributed by atoms with Crippen LogP contribution >= 0.6 is 0 Å². The van der Waals surface area contributed by atoms with E-state index in [-0.39, 0.29) is 18.2 Å². The van der Waals surface area contributed by atoms with Crippen molar-refractivity contribution in [3.8, 4) is 22.8 Å². The van der Waals surface area contributed by atoms with Gasteiger partial charge in [0.15, 0.2) is 11.6 Å². The summed E-state index contributed by atoms with van der Waals surface area (Å²) in [6.45, 7) is 0. The third-order valence-corrected chi connectivity index (χ3v) is 4.46. The molecule has 128 valence electrons. The van der Waals surface area contributed by atoms with Crippen LogP contribution < -0.4 is 5.32 Å². The molecule has 8 nitrogen and oxygen atoms in total. The summed E-state index contributed by atoms with van der Waals surface area (Å²) in [6, 6.07) is 11.3. The molecule has 0 radical (unpaired) electrons. The zero-order valence-electron chi connectivity index (χ0n) is 13.6. The number of nitrogens with zero attached hydrogens (tertiary/aromatic N) is 3. The monoisotopic (exact) mass is 346 g/mol. The Kier molecular flexibility index (Phi) is 3.21. The van der Waals surface area contributed by atoms with Crippen molar-refractivity contribution in [2.24, 2.45) is 0 Å². The summed E-state index contributed by atoms with van der Waals surface area (Å²) in [5.74, 6) is 1.55. The highest BCUT2D eigenvalue weighted by Crippen LogP contribution is 2.42. The minimum atomic E-state index is -0.244. The maximum atomic E-state index is 12.2. The summed E-state index contributed by atoms with van der Waals surface area (Å²) in [5.41, 5.74) is 3.22. The molecule has 1 amide bonds. The standard InChI is InChI=1S/C18H14N6O2/c25-15-9-10(13-4-5-14(26-13)11-6-8-20-22-11)16-17(23-24-18(16)21-15)12-3-1-2-7-19-12/h1-8,10H,9H2,(H,20,22)(H2,21,23,24,25)/t10-/m1/s1. The van der Waals surface area contributed by atoms with E-state index in [1.54, 1.807) is 12.4 Å². The van der Waals surface area contributed by atoms with E-state index in [1.165, 1.54) is 0 Å². The highest BCUT2D eigenvalue weighted by molar-refractivity contribution is 5.95. The van der Waals surface area contributed by atoms with E-state index < -0.39 is 0 Å². The Morgan fingerprint density at radius 1 is 1.08 bits per heavy atom. The minimum Gasteiger partial charge on any atom is -0.459 e. The van der Waals surface area contributed by atoms with Gasteiger partial charge in [0, 0.05) is 24.4 Å². The number of carbonyl (C=O) groups is 1. The van der Waals surface area contributed by atoms with Crippen LogP contribution in [0.1, 0.15) is 23.7 Å². The predicted octanol–water partition coefficient (Wildman–Crippen LogP) is 2.93. The van der Waals surface area contributed by atoms with Crippen molar-refractivity contribution in [3.05, 3.63) is 60.1 Å². The summed E-state index contributed by atoms with van der Waals surface area (Å²) >= 11 is 0. The number of nitrogens with one attached hydrogen (secondary N) is 3. The molecular weight excluding hydrogens is 332 g/mol. The molecule has 0 spiro atoms. The number of aromatic nitrogens is 5. The Balaban J connectivity index is 1.61. The van der Waals surface area contributed by atoms with E-state index in [2.05, 4.69) is 30.7 Å². The van der Waals surface area contributed by atoms with Crippen LogP contribution in [0.2, 0.25) is 0 Å². The molecule has 4 aromatic heterocycles. The highest BCUT2D eigenvalue weighted by Gasteiger charge is 2.34. The zero-order chi connectivity index (χ0) is 17.5. The van der Waals surface area contributed by atoms with E-state index in [0.29, 0.717) is 17.3 Å². The molecule has 5 heterocycles. The fraction of sp³-hybridized carbons (Fsp3) is 0.111. The Hall–Kier alpha value is -3.68. The van der Waals surface area contributed by atoms with Crippen molar-refractivity contribution < 1.29 is 9.21 Å². The van der Waals surface area contributed by atoms with E-state index in [1.807, 2.05) is 36.4 Å². The lowest BCUT2D eigenvalue weighted by molar-refractivity contribution is -0.116. The van der Waals surface area contributed by atoms with Crippen molar-refractivity contribution in [3.63, 3.8) is 0 Å². The molecule has 26 heavy (non-hydrogen) atoms. The lowest BCUT2D eigenvalue weighted by Crippen LogP contribution is -2.23. The van der Waals surface area contributed by atoms with Gasteiger partial charge in [-0.3, -0.25) is 20.0 Å². The smallest absolute Gasteiger partial charge is 0.226 e. The molecule has 0 saturated heterocycles. The molecule has 0 unspecified atom stereocenters. The van der Waals surface area contributed by atoms with Crippen molar-refractivity contribution in [2.45, 2.75) is 12.3 Å². The summed E-state index contributed by atoms with van der Waals surface area (Å²) < 4.78 is 6.02. The SMILES string of the molecule is O=C1C[C@H](c2ccc(-c3ccn[nH]3)o2)c2c(n[nH]c2-c2ccccn2)N1. The third kappa shape index (κ3) is 2.31. The van der Waals surface area contributed by atoms with Gasteiger partial charge in [-0.15, -0.1) is 0 Å². The number of amides is 1. The normalized spacial score (nSPS) is 16.3. The third-order valence-electron chi connectivity index (χ3n) is 4.46. The number of H-pyrrole nitrogens is 2. The maximum absolute atomic E-state index is 12.2. The fourth-order valence-corrected chi connectivity index (χ4v) is 3.28. The van der Waals surface area contributed by atoms with Gasteiger partial charge >= 0.3 is 0 Å². The average molecular weight is 346 g/mol. The molecule has 0 fully saturated rings. The van der Waals surface area contributed by atoms with Crippen LogP contribution in [0.3, 0.4) is 0 Å². The molecule has 4 aromatic rings. The first-order valence-electron chi connectivity index (χ1n) is 8.18. The number of anilines is 1. The number of aromatic amines is 2. The average Bonchev–Trinajstić information content (AvgIpc) is 3.41. The quantitative estimate of drug-likeness (QED) is 0.528. The number of hydrogen-bond donors (Lipinski definition) is 3. The Bertz CT molecular complexity index is 1060. The number of fused-ring (bicyclic) bond motifs is 1.